The molecule has 2 bridgehead atoms. The normalized spacial score (nSPS) is 28.1. The van der Waals surface area contributed by atoms with Crippen molar-refractivity contribution < 1.29 is 9.53 Å². The van der Waals surface area contributed by atoms with Gasteiger partial charge in [-0.15, -0.1) is 0 Å². The lowest BCUT2D eigenvalue weighted by atomic mass is 9.75. The highest BCUT2D eigenvalue weighted by atomic mass is 35.5. The van der Waals surface area contributed by atoms with Gasteiger partial charge in [0.2, 0.25) is 5.91 Å². The minimum atomic E-state index is -0.208. The first kappa shape index (κ1) is 15.9. The summed E-state index contributed by atoms with van der Waals surface area (Å²) in [5.74, 6) is -0.183. The van der Waals surface area contributed by atoms with Crippen LogP contribution in [0.25, 0.3) is 0 Å². The van der Waals surface area contributed by atoms with E-state index < -0.39 is 0 Å². The average Bonchev–Trinajstić information content (AvgIpc) is 3.20. The lowest BCUT2D eigenvalue weighted by molar-refractivity contribution is -0.121. The Labute approximate surface area is 150 Å². The highest BCUT2D eigenvalue weighted by molar-refractivity contribution is 6.42. The molecule has 1 N–H and O–H groups in total. The van der Waals surface area contributed by atoms with Gasteiger partial charge in [0, 0.05) is 24.0 Å². The molecule has 0 aliphatic carbocycles. The number of hydrogen-bond donors (Lipinski definition) is 1. The van der Waals surface area contributed by atoms with Gasteiger partial charge in [-0.05, 0) is 48.7 Å². The van der Waals surface area contributed by atoms with Gasteiger partial charge in [-0.3, -0.25) is 9.78 Å². The van der Waals surface area contributed by atoms with Gasteiger partial charge in [0.25, 0.3) is 0 Å². The van der Waals surface area contributed by atoms with Gasteiger partial charge < -0.3 is 10.1 Å². The van der Waals surface area contributed by atoms with Gasteiger partial charge in [-0.2, -0.15) is 0 Å². The zero-order valence-corrected chi connectivity index (χ0v) is 14.3. The fraction of sp³-hybridized carbons (Fsp3) is 0.333. The molecular weight excluding hydrogens is 347 g/mol. The Morgan fingerprint density at radius 3 is 2.58 bits per heavy atom. The first-order chi connectivity index (χ1) is 11.6. The lowest BCUT2D eigenvalue weighted by Crippen LogP contribution is -2.36. The number of nitrogens with one attached hydrogen (secondary N) is 1. The van der Waals surface area contributed by atoms with E-state index in [1.165, 1.54) is 0 Å². The molecule has 0 unspecified atom stereocenters. The van der Waals surface area contributed by atoms with Gasteiger partial charge in [0.1, 0.15) is 0 Å². The number of halogens is 2. The molecule has 2 aliphatic heterocycles. The van der Waals surface area contributed by atoms with Crippen molar-refractivity contribution in [1.29, 1.82) is 0 Å². The van der Waals surface area contributed by atoms with E-state index in [4.69, 9.17) is 27.9 Å². The van der Waals surface area contributed by atoms with E-state index in [0.717, 1.165) is 18.4 Å². The number of carbonyl (C=O) groups is 1. The van der Waals surface area contributed by atoms with E-state index in [2.05, 4.69) is 10.3 Å². The van der Waals surface area contributed by atoms with Crippen LogP contribution in [0, 0.1) is 5.92 Å². The number of rotatable bonds is 3. The third-order valence-electron chi connectivity index (χ3n) is 4.85. The summed E-state index contributed by atoms with van der Waals surface area (Å²) in [5.41, 5.74) is 1.75. The van der Waals surface area contributed by atoms with E-state index in [9.17, 15) is 4.79 Å². The summed E-state index contributed by atoms with van der Waals surface area (Å²) in [7, 11) is 0. The maximum Gasteiger partial charge on any atom is 0.230 e. The largest absolute Gasteiger partial charge is 0.373 e. The lowest BCUT2D eigenvalue weighted by Gasteiger charge is -2.27. The van der Waals surface area contributed by atoms with E-state index in [1.54, 1.807) is 30.6 Å². The molecular formula is C18H16Cl2N2O2. The minimum Gasteiger partial charge on any atom is -0.373 e. The van der Waals surface area contributed by atoms with Crippen LogP contribution in [-0.4, -0.2) is 23.1 Å². The number of hydrogen-bond acceptors (Lipinski definition) is 3. The fourth-order valence-corrected chi connectivity index (χ4v) is 4.12. The molecule has 124 valence electrons. The minimum absolute atomic E-state index is 0.0315. The summed E-state index contributed by atoms with van der Waals surface area (Å²) in [5, 5.41) is 3.84. The molecule has 6 heteroatoms. The third-order valence-corrected chi connectivity index (χ3v) is 5.59. The van der Waals surface area contributed by atoms with Crippen molar-refractivity contribution in [3.8, 4) is 0 Å². The second kappa shape index (κ2) is 6.36. The average molecular weight is 363 g/mol. The number of carbonyl (C=O) groups excluding carboxylic acids is 1. The number of nitrogens with zero attached hydrogens (tertiary/aromatic N) is 1. The molecule has 2 aliphatic rings. The standard InChI is InChI=1S/C18H16Cl2N2O2/c19-12-2-1-11(9-13(12)20)22-18(23)17-15-4-3-14(24-15)16(17)10-5-7-21-8-6-10/h1-2,5-9,14-17H,3-4H2,(H,22,23)/t14-,15+,16+,17+/m0/s1. The van der Waals surface area contributed by atoms with E-state index in [1.807, 2.05) is 12.1 Å². The van der Waals surface area contributed by atoms with Crippen LogP contribution in [0.1, 0.15) is 24.3 Å². The van der Waals surface area contributed by atoms with Gasteiger partial charge >= 0.3 is 0 Å². The van der Waals surface area contributed by atoms with Crippen LogP contribution in [0.15, 0.2) is 42.7 Å². The fourth-order valence-electron chi connectivity index (χ4n) is 3.82. The van der Waals surface area contributed by atoms with Crippen molar-refractivity contribution in [3.05, 3.63) is 58.3 Å². The molecule has 1 amide bonds. The van der Waals surface area contributed by atoms with Crippen LogP contribution in [0.4, 0.5) is 5.69 Å². The van der Waals surface area contributed by atoms with Crippen LogP contribution >= 0.6 is 23.2 Å². The van der Waals surface area contributed by atoms with Crippen LogP contribution in [-0.2, 0) is 9.53 Å². The molecule has 4 rings (SSSR count). The monoisotopic (exact) mass is 362 g/mol. The smallest absolute Gasteiger partial charge is 0.230 e. The van der Waals surface area contributed by atoms with Crippen molar-refractivity contribution in [1.82, 2.24) is 4.98 Å². The van der Waals surface area contributed by atoms with E-state index >= 15 is 0 Å². The number of anilines is 1. The summed E-state index contributed by atoms with van der Waals surface area (Å²) < 4.78 is 6.03. The Bertz CT molecular complexity index is 769. The number of benzene rings is 1. The second-order valence-electron chi connectivity index (χ2n) is 6.24. The highest BCUT2D eigenvalue weighted by Gasteiger charge is 2.52. The Hall–Kier alpha value is -1.62. The summed E-state index contributed by atoms with van der Waals surface area (Å²) in [6.45, 7) is 0. The first-order valence-electron chi connectivity index (χ1n) is 7.95. The van der Waals surface area contributed by atoms with Gasteiger partial charge in [0.05, 0.1) is 28.2 Å². The maximum absolute atomic E-state index is 12.9. The summed E-state index contributed by atoms with van der Waals surface area (Å²) >= 11 is 12.0. The Kier molecular flexibility index (Phi) is 4.21. The number of ether oxygens (including phenoxy) is 1. The van der Waals surface area contributed by atoms with Gasteiger partial charge in [-0.1, -0.05) is 23.2 Å². The molecule has 3 heterocycles. The van der Waals surface area contributed by atoms with Crippen molar-refractivity contribution in [2.75, 3.05) is 5.32 Å². The maximum atomic E-state index is 12.9. The molecule has 0 radical (unpaired) electrons. The van der Waals surface area contributed by atoms with Crippen molar-refractivity contribution in [3.63, 3.8) is 0 Å². The molecule has 1 aromatic heterocycles. The van der Waals surface area contributed by atoms with Crippen LogP contribution < -0.4 is 5.32 Å². The van der Waals surface area contributed by atoms with E-state index in [0.29, 0.717) is 15.7 Å². The molecule has 4 atom stereocenters. The third kappa shape index (κ3) is 2.79. The molecule has 2 aromatic rings. The molecule has 24 heavy (non-hydrogen) atoms. The second-order valence-corrected chi connectivity index (χ2v) is 7.05. The van der Waals surface area contributed by atoms with Crippen LogP contribution in [0.3, 0.4) is 0 Å². The van der Waals surface area contributed by atoms with Crippen LogP contribution in [0.5, 0.6) is 0 Å². The van der Waals surface area contributed by atoms with Gasteiger partial charge in [-0.25, -0.2) is 0 Å². The van der Waals surface area contributed by atoms with E-state index in [-0.39, 0.29) is 30.0 Å². The molecule has 2 fully saturated rings. The van der Waals surface area contributed by atoms with Crippen LogP contribution in [0.2, 0.25) is 10.0 Å². The Morgan fingerprint density at radius 1 is 1.08 bits per heavy atom. The quantitative estimate of drug-likeness (QED) is 0.885. The molecule has 2 saturated heterocycles. The number of amides is 1. The molecule has 0 spiro atoms. The zero-order chi connectivity index (χ0) is 16.7. The number of aromatic nitrogens is 1. The van der Waals surface area contributed by atoms with Crippen molar-refractivity contribution >= 4 is 34.8 Å². The predicted molar refractivity (Wildman–Crippen MR) is 93.5 cm³/mol. The molecule has 0 saturated carbocycles. The number of pyridine rings is 1. The summed E-state index contributed by atoms with van der Waals surface area (Å²) in [4.78, 5) is 17.0. The molecule has 1 aromatic carbocycles. The number of fused-ring (bicyclic) bond motifs is 2. The predicted octanol–water partition coefficient (Wildman–Crippen LogP) is 4.29. The highest BCUT2D eigenvalue weighted by Crippen LogP contribution is 2.49. The SMILES string of the molecule is O=C(Nc1ccc(Cl)c(Cl)c1)[C@H]1[C@H](c2ccncc2)[C@@H]2CC[C@H]1O2. The first-order valence-corrected chi connectivity index (χ1v) is 8.70. The Balaban J connectivity index is 1.59. The molecule has 4 nitrogen and oxygen atoms in total. The Morgan fingerprint density at radius 2 is 1.83 bits per heavy atom. The van der Waals surface area contributed by atoms with Crippen molar-refractivity contribution in [2.45, 2.75) is 31.0 Å². The summed E-state index contributed by atoms with van der Waals surface area (Å²) in [6.07, 6.45) is 5.50. The van der Waals surface area contributed by atoms with Gasteiger partial charge in [0.15, 0.2) is 0 Å². The zero-order valence-electron chi connectivity index (χ0n) is 12.8. The summed E-state index contributed by atoms with van der Waals surface area (Å²) in [6, 6.07) is 9.03. The topological polar surface area (TPSA) is 51.2 Å². The van der Waals surface area contributed by atoms with Crippen molar-refractivity contribution in [2.24, 2.45) is 5.92 Å².